The highest BCUT2D eigenvalue weighted by molar-refractivity contribution is 5.79. The molecule has 1 aromatic rings. The minimum absolute atomic E-state index is 0.132. The molecule has 29 heavy (non-hydrogen) atoms. The van der Waals surface area contributed by atoms with E-state index < -0.39 is 0 Å². The summed E-state index contributed by atoms with van der Waals surface area (Å²) in [6.45, 7) is 4.95. The number of hydrogen-bond acceptors (Lipinski definition) is 3. The second kappa shape index (κ2) is 8.25. The lowest BCUT2D eigenvalue weighted by atomic mass is 9.84. The molecule has 0 spiro atoms. The van der Waals surface area contributed by atoms with Crippen molar-refractivity contribution < 1.29 is 9.18 Å². The van der Waals surface area contributed by atoms with Crippen LogP contribution in [0.4, 0.5) is 10.1 Å². The van der Waals surface area contributed by atoms with Crippen LogP contribution < -0.4 is 4.90 Å². The Kier molecular flexibility index (Phi) is 5.51. The molecule has 0 aromatic heterocycles. The fourth-order valence-corrected chi connectivity index (χ4v) is 6.24. The number of benzene rings is 1. The Bertz CT molecular complexity index is 732. The van der Waals surface area contributed by atoms with E-state index in [1.807, 2.05) is 6.07 Å². The van der Waals surface area contributed by atoms with E-state index in [4.69, 9.17) is 0 Å². The summed E-state index contributed by atoms with van der Waals surface area (Å²) in [7, 11) is 0. The molecule has 1 aromatic carbocycles. The van der Waals surface area contributed by atoms with Crippen LogP contribution in [0.15, 0.2) is 18.2 Å². The first-order valence-electron chi connectivity index (χ1n) is 11.8. The number of amides is 1. The number of carbonyl (C=O) groups excluding carboxylic acids is 1. The fourth-order valence-electron chi connectivity index (χ4n) is 6.24. The molecule has 4 aliphatic rings. The van der Waals surface area contributed by atoms with Crippen molar-refractivity contribution in [1.29, 1.82) is 0 Å². The van der Waals surface area contributed by atoms with Gasteiger partial charge in [-0.1, -0.05) is 12.8 Å². The zero-order chi connectivity index (χ0) is 19.8. The van der Waals surface area contributed by atoms with Gasteiger partial charge in [0.25, 0.3) is 0 Å². The quantitative estimate of drug-likeness (QED) is 0.773. The van der Waals surface area contributed by atoms with Crippen LogP contribution in [0.5, 0.6) is 0 Å². The normalized spacial score (nSPS) is 28.7. The number of carbonyl (C=O) groups is 1. The standard InChI is InChI=1S/C24H34FN3O/c25-20-7-10-23-19(17-20)11-12-28(23)22-8-5-18(6-9-22)24(29)27-15-13-26(14-16-27)21-3-1-2-4-21/h7,10,17-18,21-22H,1-6,8-9,11-16H2. The maximum atomic E-state index is 13.5. The molecule has 0 N–H and O–H groups in total. The monoisotopic (exact) mass is 399 g/mol. The van der Waals surface area contributed by atoms with Gasteiger partial charge in [0, 0.05) is 56.4 Å². The molecule has 2 heterocycles. The molecule has 4 nitrogen and oxygen atoms in total. The molecule has 2 aliphatic carbocycles. The third-order valence-electron chi connectivity index (χ3n) is 7.93. The Labute approximate surface area is 174 Å². The summed E-state index contributed by atoms with van der Waals surface area (Å²) in [5.74, 6) is 0.478. The zero-order valence-corrected chi connectivity index (χ0v) is 17.5. The van der Waals surface area contributed by atoms with Crippen LogP contribution in [0.25, 0.3) is 0 Å². The topological polar surface area (TPSA) is 26.8 Å². The third kappa shape index (κ3) is 3.90. The second-order valence-electron chi connectivity index (χ2n) is 9.52. The first kappa shape index (κ1) is 19.3. The van der Waals surface area contributed by atoms with Gasteiger partial charge in [0.15, 0.2) is 0 Å². The maximum absolute atomic E-state index is 13.5. The van der Waals surface area contributed by atoms with Crippen molar-refractivity contribution in [2.45, 2.75) is 69.9 Å². The Morgan fingerprint density at radius 3 is 2.31 bits per heavy atom. The van der Waals surface area contributed by atoms with Crippen LogP contribution in [0, 0.1) is 11.7 Å². The number of fused-ring (bicyclic) bond motifs is 1. The molecule has 0 radical (unpaired) electrons. The maximum Gasteiger partial charge on any atom is 0.225 e. The number of anilines is 1. The largest absolute Gasteiger partial charge is 0.368 e. The highest BCUT2D eigenvalue weighted by Gasteiger charge is 2.35. The van der Waals surface area contributed by atoms with Gasteiger partial charge in [-0.15, -0.1) is 0 Å². The fraction of sp³-hybridized carbons (Fsp3) is 0.708. The van der Waals surface area contributed by atoms with Crippen molar-refractivity contribution in [2.24, 2.45) is 5.92 Å². The average molecular weight is 400 g/mol. The number of rotatable bonds is 3. The molecule has 1 amide bonds. The first-order valence-corrected chi connectivity index (χ1v) is 11.8. The summed E-state index contributed by atoms with van der Waals surface area (Å²) in [6.07, 6.45) is 10.6. The van der Waals surface area contributed by atoms with E-state index in [1.165, 1.54) is 31.4 Å². The van der Waals surface area contributed by atoms with Gasteiger partial charge in [0.2, 0.25) is 5.91 Å². The number of hydrogen-bond donors (Lipinski definition) is 0. The van der Waals surface area contributed by atoms with E-state index >= 15 is 0 Å². The Balaban J connectivity index is 1.12. The average Bonchev–Trinajstić information content (AvgIpc) is 3.43. The number of piperazine rings is 1. The minimum atomic E-state index is -0.132. The van der Waals surface area contributed by atoms with Crippen molar-refractivity contribution in [3.8, 4) is 0 Å². The molecule has 1 saturated heterocycles. The molecule has 0 unspecified atom stereocenters. The second-order valence-corrected chi connectivity index (χ2v) is 9.52. The summed E-state index contributed by atoms with van der Waals surface area (Å²) < 4.78 is 13.5. The van der Waals surface area contributed by atoms with Gasteiger partial charge in [-0.25, -0.2) is 4.39 Å². The molecule has 2 aliphatic heterocycles. The predicted octanol–water partition coefficient (Wildman–Crippen LogP) is 3.83. The van der Waals surface area contributed by atoms with E-state index in [1.54, 1.807) is 12.1 Å². The molecule has 2 saturated carbocycles. The highest BCUT2D eigenvalue weighted by atomic mass is 19.1. The summed E-state index contributed by atoms with van der Waals surface area (Å²) in [5.41, 5.74) is 2.35. The van der Waals surface area contributed by atoms with E-state index in [2.05, 4.69) is 14.7 Å². The summed E-state index contributed by atoms with van der Waals surface area (Å²) in [5, 5.41) is 0. The smallest absolute Gasteiger partial charge is 0.225 e. The van der Waals surface area contributed by atoms with Gasteiger partial charge in [0.1, 0.15) is 5.82 Å². The predicted molar refractivity (Wildman–Crippen MR) is 114 cm³/mol. The van der Waals surface area contributed by atoms with E-state index in [0.29, 0.717) is 11.9 Å². The van der Waals surface area contributed by atoms with Gasteiger partial charge in [-0.2, -0.15) is 0 Å². The molecular weight excluding hydrogens is 365 g/mol. The van der Waals surface area contributed by atoms with Gasteiger partial charge < -0.3 is 9.80 Å². The molecule has 3 fully saturated rings. The Morgan fingerprint density at radius 2 is 1.59 bits per heavy atom. The first-order chi connectivity index (χ1) is 14.2. The van der Waals surface area contributed by atoms with Crippen molar-refractivity contribution in [2.75, 3.05) is 37.6 Å². The van der Waals surface area contributed by atoms with Gasteiger partial charge in [0.05, 0.1) is 0 Å². The molecule has 5 rings (SSSR count). The van der Waals surface area contributed by atoms with E-state index in [0.717, 1.165) is 76.4 Å². The van der Waals surface area contributed by atoms with Gasteiger partial charge in [-0.05, 0) is 68.7 Å². The van der Waals surface area contributed by atoms with Crippen LogP contribution in [0.1, 0.15) is 56.9 Å². The van der Waals surface area contributed by atoms with Crippen molar-refractivity contribution in [1.82, 2.24) is 9.80 Å². The number of nitrogens with zero attached hydrogens (tertiary/aromatic N) is 3. The van der Waals surface area contributed by atoms with Gasteiger partial charge in [-0.3, -0.25) is 9.69 Å². The van der Waals surface area contributed by atoms with E-state index in [9.17, 15) is 9.18 Å². The molecule has 5 heteroatoms. The van der Waals surface area contributed by atoms with Crippen molar-refractivity contribution >= 4 is 11.6 Å². The van der Waals surface area contributed by atoms with E-state index in [-0.39, 0.29) is 11.7 Å². The lowest BCUT2D eigenvalue weighted by Gasteiger charge is -2.41. The third-order valence-corrected chi connectivity index (χ3v) is 7.93. The molecule has 0 atom stereocenters. The summed E-state index contributed by atoms with van der Waals surface area (Å²) >= 11 is 0. The van der Waals surface area contributed by atoms with Crippen LogP contribution in [-0.4, -0.2) is 60.5 Å². The number of halogens is 1. The van der Waals surface area contributed by atoms with Crippen LogP contribution in [-0.2, 0) is 11.2 Å². The minimum Gasteiger partial charge on any atom is -0.368 e. The van der Waals surface area contributed by atoms with Gasteiger partial charge >= 0.3 is 0 Å². The van der Waals surface area contributed by atoms with Crippen LogP contribution in [0.3, 0.4) is 0 Å². The van der Waals surface area contributed by atoms with Crippen LogP contribution in [0.2, 0.25) is 0 Å². The lowest BCUT2D eigenvalue weighted by molar-refractivity contribution is -0.138. The van der Waals surface area contributed by atoms with Crippen LogP contribution >= 0.6 is 0 Å². The SMILES string of the molecule is O=C(C1CCC(N2CCc3cc(F)ccc32)CC1)N1CCN(C2CCCC2)CC1. The molecule has 0 bridgehead atoms. The molecular formula is C24H34FN3O. The lowest BCUT2D eigenvalue weighted by Crippen LogP contribution is -2.53. The molecule has 158 valence electrons. The Hall–Kier alpha value is -1.62. The van der Waals surface area contributed by atoms with Crippen molar-refractivity contribution in [3.63, 3.8) is 0 Å². The summed E-state index contributed by atoms with van der Waals surface area (Å²) in [6, 6.07) is 6.50. The van der Waals surface area contributed by atoms with Crippen molar-refractivity contribution in [3.05, 3.63) is 29.6 Å². The zero-order valence-electron chi connectivity index (χ0n) is 17.5. The highest BCUT2D eigenvalue weighted by Crippen LogP contribution is 2.36. The summed E-state index contributed by atoms with van der Waals surface area (Å²) in [4.78, 5) is 20.3. The Morgan fingerprint density at radius 1 is 0.862 bits per heavy atom.